The average molecular weight is 303 g/mol. The van der Waals surface area contributed by atoms with Gasteiger partial charge in [0.15, 0.2) is 5.82 Å². The Balaban J connectivity index is 2.27. The number of anilines is 1. The molecule has 0 spiro atoms. The number of benzene rings is 1. The van der Waals surface area contributed by atoms with Gasteiger partial charge < -0.3 is 10.3 Å². The molecule has 108 valence electrons. The van der Waals surface area contributed by atoms with Gasteiger partial charge in [-0.05, 0) is 24.0 Å². The van der Waals surface area contributed by atoms with Gasteiger partial charge in [0, 0.05) is 5.69 Å². The maximum atomic E-state index is 12.5. The molecule has 0 amide bonds. The molecule has 2 rings (SSSR count). The fourth-order valence-electron chi connectivity index (χ4n) is 1.55. The number of thioether (sulfide) groups is 1. The van der Waals surface area contributed by atoms with Crippen molar-refractivity contribution in [1.29, 1.82) is 0 Å². The number of nitrogen functional groups attached to an aromatic ring is 1. The molecule has 2 aromatic rings. The van der Waals surface area contributed by atoms with E-state index < -0.39 is 11.7 Å². The largest absolute Gasteiger partial charge is 0.416 e. The van der Waals surface area contributed by atoms with Crippen molar-refractivity contribution in [3.8, 4) is 11.5 Å². The van der Waals surface area contributed by atoms with Crippen molar-refractivity contribution in [2.75, 3.05) is 11.5 Å². The summed E-state index contributed by atoms with van der Waals surface area (Å²) in [5, 5.41) is 3.76. The third-order valence-corrected chi connectivity index (χ3v) is 3.38. The number of rotatable bonds is 4. The minimum atomic E-state index is -4.43. The van der Waals surface area contributed by atoms with Crippen molar-refractivity contribution in [2.45, 2.75) is 18.9 Å². The van der Waals surface area contributed by atoms with Crippen LogP contribution in [-0.2, 0) is 11.9 Å². The Morgan fingerprint density at radius 1 is 1.35 bits per heavy atom. The molecule has 0 aliphatic heterocycles. The van der Waals surface area contributed by atoms with Crippen LogP contribution in [0.1, 0.15) is 18.3 Å². The van der Waals surface area contributed by atoms with Crippen LogP contribution >= 0.6 is 11.8 Å². The molecule has 8 heteroatoms. The lowest BCUT2D eigenvalue weighted by atomic mass is 10.1. The van der Waals surface area contributed by atoms with E-state index in [0.717, 1.165) is 17.9 Å². The predicted octanol–water partition coefficient (Wildman–Crippen LogP) is 3.59. The second-order valence-electron chi connectivity index (χ2n) is 3.95. The van der Waals surface area contributed by atoms with Crippen molar-refractivity contribution in [1.82, 2.24) is 10.1 Å². The van der Waals surface area contributed by atoms with Crippen molar-refractivity contribution in [2.24, 2.45) is 0 Å². The van der Waals surface area contributed by atoms with Gasteiger partial charge in [0.05, 0.1) is 16.9 Å². The van der Waals surface area contributed by atoms with Crippen molar-refractivity contribution in [3.05, 3.63) is 29.6 Å². The van der Waals surface area contributed by atoms with Gasteiger partial charge in [-0.2, -0.15) is 29.9 Å². The Kier molecular flexibility index (Phi) is 4.22. The average Bonchev–Trinajstić information content (AvgIpc) is 2.83. The minimum Gasteiger partial charge on any atom is -0.398 e. The lowest BCUT2D eigenvalue weighted by molar-refractivity contribution is -0.137. The standard InChI is InChI=1S/C12H12F3N3OS/c1-2-20-6-10-17-11(19-18-10)8-4-3-7(5-9(8)16)12(13,14)15/h3-5H,2,6,16H2,1H3. The summed E-state index contributed by atoms with van der Waals surface area (Å²) in [6.45, 7) is 2.00. The highest BCUT2D eigenvalue weighted by Gasteiger charge is 2.31. The maximum absolute atomic E-state index is 12.5. The van der Waals surface area contributed by atoms with E-state index >= 15 is 0 Å². The molecular formula is C12H12F3N3OS. The fraction of sp³-hybridized carbons (Fsp3) is 0.333. The number of nitrogens with two attached hydrogens (primary N) is 1. The Hall–Kier alpha value is -1.70. The van der Waals surface area contributed by atoms with E-state index in [2.05, 4.69) is 10.1 Å². The van der Waals surface area contributed by atoms with Crippen LogP contribution in [0, 0.1) is 0 Å². The molecule has 2 N–H and O–H groups in total. The smallest absolute Gasteiger partial charge is 0.398 e. The molecule has 0 radical (unpaired) electrons. The zero-order valence-corrected chi connectivity index (χ0v) is 11.4. The minimum absolute atomic E-state index is 0.0434. The van der Waals surface area contributed by atoms with Crippen LogP contribution in [0.25, 0.3) is 11.5 Å². The molecule has 1 heterocycles. The quantitative estimate of drug-likeness (QED) is 0.874. The third-order valence-electron chi connectivity index (χ3n) is 2.51. The molecule has 0 saturated carbocycles. The molecule has 0 bridgehead atoms. The lowest BCUT2D eigenvalue weighted by Crippen LogP contribution is -2.06. The monoisotopic (exact) mass is 303 g/mol. The number of hydrogen-bond acceptors (Lipinski definition) is 5. The zero-order valence-electron chi connectivity index (χ0n) is 10.6. The molecule has 0 saturated heterocycles. The molecule has 0 fully saturated rings. The number of alkyl halides is 3. The number of halogens is 3. The second-order valence-corrected chi connectivity index (χ2v) is 5.23. The number of aromatic nitrogens is 2. The Morgan fingerprint density at radius 3 is 2.70 bits per heavy atom. The van der Waals surface area contributed by atoms with Crippen molar-refractivity contribution < 1.29 is 17.7 Å². The summed E-state index contributed by atoms with van der Waals surface area (Å²) in [6.07, 6.45) is -4.43. The zero-order chi connectivity index (χ0) is 14.8. The Bertz CT molecular complexity index is 598. The van der Waals surface area contributed by atoms with Gasteiger partial charge in [-0.25, -0.2) is 0 Å². The Labute approximate surface area is 117 Å². The van der Waals surface area contributed by atoms with Crippen molar-refractivity contribution >= 4 is 17.4 Å². The van der Waals surface area contributed by atoms with E-state index in [4.69, 9.17) is 10.3 Å². The lowest BCUT2D eigenvalue weighted by Gasteiger charge is -2.08. The first kappa shape index (κ1) is 14.7. The highest BCUT2D eigenvalue weighted by molar-refractivity contribution is 7.98. The van der Waals surface area contributed by atoms with Crippen LogP contribution in [-0.4, -0.2) is 15.9 Å². The van der Waals surface area contributed by atoms with Gasteiger partial charge in [-0.15, -0.1) is 0 Å². The van der Waals surface area contributed by atoms with Crippen LogP contribution in [0.5, 0.6) is 0 Å². The van der Waals surface area contributed by atoms with Gasteiger partial charge >= 0.3 is 6.18 Å². The highest BCUT2D eigenvalue weighted by atomic mass is 32.2. The number of nitrogens with zero attached hydrogens (tertiary/aromatic N) is 2. The fourth-order valence-corrected chi connectivity index (χ4v) is 2.05. The van der Waals surface area contributed by atoms with E-state index in [1.807, 2.05) is 6.92 Å². The molecule has 1 aromatic carbocycles. The normalized spacial score (nSPS) is 11.8. The molecule has 0 unspecified atom stereocenters. The molecule has 20 heavy (non-hydrogen) atoms. The van der Waals surface area contributed by atoms with Gasteiger partial charge in [0.2, 0.25) is 0 Å². The third kappa shape index (κ3) is 3.24. The van der Waals surface area contributed by atoms with E-state index in [9.17, 15) is 13.2 Å². The molecule has 0 atom stereocenters. The first-order chi connectivity index (χ1) is 9.41. The summed E-state index contributed by atoms with van der Waals surface area (Å²) < 4.78 is 42.6. The van der Waals surface area contributed by atoms with Gasteiger partial charge in [0.1, 0.15) is 0 Å². The van der Waals surface area contributed by atoms with Crippen LogP contribution in [0.15, 0.2) is 22.7 Å². The molecule has 1 aromatic heterocycles. The van der Waals surface area contributed by atoms with Gasteiger partial charge in [0.25, 0.3) is 5.89 Å². The number of hydrogen-bond donors (Lipinski definition) is 1. The summed E-state index contributed by atoms with van der Waals surface area (Å²) in [7, 11) is 0. The summed E-state index contributed by atoms with van der Waals surface area (Å²) in [4.78, 5) is 4.11. The van der Waals surface area contributed by atoms with Crippen LogP contribution in [0.3, 0.4) is 0 Å². The van der Waals surface area contributed by atoms with Gasteiger partial charge in [-0.1, -0.05) is 12.1 Å². The van der Waals surface area contributed by atoms with E-state index in [1.165, 1.54) is 6.07 Å². The van der Waals surface area contributed by atoms with E-state index in [-0.39, 0.29) is 11.6 Å². The summed E-state index contributed by atoms with van der Waals surface area (Å²) in [5.41, 5.74) is 5.08. The first-order valence-electron chi connectivity index (χ1n) is 5.79. The summed E-state index contributed by atoms with van der Waals surface area (Å²) in [6, 6.07) is 3.04. The molecular weight excluding hydrogens is 291 g/mol. The first-order valence-corrected chi connectivity index (χ1v) is 6.94. The van der Waals surface area contributed by atoms with Crippen LogP contribution < -0.4 is 5.73 Å². The highest BCUT2D eigenvalue weighted by Crippen LogP contribution is 2.34. The second kappa shape index (κ2) is 5.74. The molecule has 0 aliphatic rings. The van der Waals surface area contributed by atoms with Crippen molar-refractivity contribution in [3.63, 3.8) is 0 Å². The van der Waals surface area contributed by atoms with Crippen LogP contribution in [0.4, 0.5) is 18.9 Å². The summed E-state index contributed by atoms with van der Waals surface area (Å²) in [5.74, 6) is 2.11. The Morgan fingerprint density at radius 2 is 2.10 bits per heavy atom. The predicted molar refractivity (Wildman–Crippen MR) is 71.0 cm³/mol. The maximum Gasteiger partial charge on any atom is 0.416 e. The van der Waals surface area contributed by atoms with Gasteiger partial charge in [-0.3, -0.25) is 0 Å². The summed E-state index contributed by atoms with van der Waals surface area (Å²) >= 11 is 1.61. The SMILES string of the molecule is CCSCc1noc(-c2ccc(C(F)(F)F)cc2N)n1. The molecule has 4 nitrogen and oxygen atoms in total. The topological polar surface area (TPSA) is 64.9 Å². The van der Waals surface area contributed by atoms with E-state index in [1.54, 1.807) is 11.8 Å². The van der Waals surface area contributed by atoms with Crippen LogP contribution in [0.2, 0.25) is 0 Å². The van der Waals surface area contributed by atoms with E-state index in [0.29, 0.717) is 17.1 Å². The molecule has 0 aliphatic carbocycles.